The third-order valence-electron chi connectivity index (χ3n) is 2.51. The number of nitro groups is 1. The van der Waals surface area contributed by atoms with E-state index in [0.29, 0.717) is 17.4 Å². The largest absolute Gasteiger partial charge is 0.433 e. The Kier molecular flexibility index (Phi) is 5.97. The Morgan fingerprint density at radius 2 is 2.38 bits per heavy atom. The second-order valence-corrected chi connectivity index (χ2v) is 5.08. The maximum atomic E-state index is 11.8. The van der Waals surface area contributed by atoms with Gasteiger partial charge in [-0.1, -0.05) is 6.08 Å². The van der Waals surface area contributed by atoms with Gasteiger partial charge in [0.2, 0.25) is 0 Å². The molecule has 2 aromatic rings. The molecule has 0 aromatic carbocycles. The Labute approximate surface area is 140 Å². The standard InChI is InChI=1S/C14H13N5O4S/c1-2-7-15-14-17-11(9-24-14)13(20)18-16-8-3-4-10-5-6-12(23-10)19(21)22/h2-6,8-9H,1,7H2,(H,15,17)(H,18,20)/b4-3+,16-8-. The zero-order chi connectivity index (χ0) is 17.4. The summed E-state index contributed by atoms with van der Waals surface area (Å²) in [6.07, 6.45) is 5.95. The summed E-state index contributed by atoms with van der Waals surface area (Å²) in [5, 5.41) is 19.4. The molecule has 1 amide bonds. The van der Waals surface area contributed by atoms with E-state index in [4.69, 9.17) is 4.42 Å². The van der Waals surface area contributed by atoms with Crippen LogP contribution >= 0.6 is 11.3 Å². The fourth-order valence-corrected chi connectivity index (χ4v) is 2.18. The van der Waals surface area contributed by atoms with E-state index >= 15 is 0 Å². The smallest absolute Gasteiger partial charge is 0.401 e. The molecule has 0 unspecified atom stereocenters. The van der Waals surface area contributed by atoms with Crippen LogP contribution in [0.25, 0.3) is 6.08 Å². The number of nitrogens with zero attached hydrogens (tertiary/aromatic N) is 3. The highest BCUT2D eigenvalue weighted by molar-refractivity contribution is 7.13. The molecule has 0 spiro atoms. The predicted molar refractivity (Wildman–Crippen MR) is 91.2 cm³/mol. The second-order valence-electron chi connectivity index (χ2n) is 4.22. The van der Waals surface area contributed by atoms with Crippen LogP contribution in [0.5, 0.6) is 0 Å². The SMILES string of the molecule is C=CCNc1nc(C(=O)N/N=C\C=C\c2ccc([N+](=O)[O-])o2)cs1. The van der Waals surface area contributed by atoms with Crippen molar-refractivity contribution in [1.29, 1.82) is 0 Å². The summed E-state index contributed by atoms with van der Waals surface area (Å²) < 4.78 is 4.92. The van der Waals surface area contributed by atoms with Crippen LogP contribution in [-0.2, 0) is 0 Å². The zero-order valence-corrected chi connectivity index (χ0v) is 13.2. The van der Waals surface area contributed by atoms with E-state index in [0.717, 1.165) is 0 Å². The van der Waals surface area contributed by atoms with E-state index in [1.165, 1.54) is 41.8 Å². The minimum atomic E-state index is -0.627. The molecule has 2 heterocycles. The van der Waals surface area contributed by atoms with Crippen molar-refractivity contribution in [3.63, 3.8) is 0 Å². The van der Waals surface area contributed by atoms with Crippen LogP contribution in [0.1, 0.15) is 16.2 Å². The van der Waals surface area contributed by atoms with Crippen LogP contribution in [-0.4, -0.2) is 28.6 Å². The van der Waals surface area contributed by atoms with Gasteiger partial charge in [-0.2, -0.15) is 5.10 Å². The number of anilines is 1. The topological polar surface area (TPSA) is 123 Å². The predicted octanol–water partition coefficient (Wildman–Crippen LogP) is 2.67. The summed E-state index contributed by atoms with van der Waals surface area (Å²) >= 11 is 1.30. The lowest BCUT2D eigenvalue weighted by atomic mass is 10.4. The molecule has 0 saturated carbocycles. The third kappa shape index (κ3) is 4.88. The number of aromatic nitrogens is 1. The van der Waals surface area contributed by atoms with Crippen LogP contribution in [0.15, 0.2) is 45.8 Å². The monoisotopic (exact) mass is 347 g/mol. The summed E-state index contributed by atoms with van der Waals surface area (Å²) in [5.74, 6) is -0.489. The number of amides is 1. The van der Waals surface area contributed by atoms with E-state index in [2.05, 4.69) is 27.4 Å². The zero-order valence-electron chi connectivity index (χ0n) is 12.3. The quantitative estimate of drug-likeness (QED) is 0.327. The number of nitrogens with one attached hydrogen (secondary N) is 2. The van der Waals surface area contributed by atoms with Gasteiger partial charge in [0.25, 0.3) is 5.91 Å². The van der Waals surface area contributed by atoms with E-state index in [1.807, 2.05) is 0 Å². The molecule has 2 N–H and O–H groups in total. The Morgan fingerprint density at radius 1 is 1.54 bits per heavy atom. The normalized spacial score (nSPS) is 11.0. The number of furan rings is 1. The summed E-state index contributed by atoms with van der Waals surface area (Å²) in [6.45, 7) is 4.13. The molecular weight excluding hydrogens is 334 g/mol. The third-order valence-corrected chi connectivity index (χ3v) is 3.31. The average Bonchev–Trinajstić information content (AvgIpc) is 3.22. The number of carbonyl (C=O) groups is 1. The number of thiazole rings is 1. The van der Waals surface area contributed by atoms with Crippen molar-refractivity contribution in [2.24, 2.45) is 5.10 Å². The first-order chi connectivity index (χ1) is 11.6. The van der Waals surface area contributed by atoms with Crippen molar-refractivity contribution in [2.45, 2.75) is 0 Å². The van der Waals surface area contributed by atoms with Crippen LogP contribution in [0.3, 0.4) is 0 Å². The van der Waals surface area contributed by atoms with E-state index in [-0.39, 0.29) is 11.6 Å². The molecular formula is C14H13N5O4S. The minimum absolute atomic E-state index is 0.245. The molecule has 24 heavy (non-hydrogen) atoms. The van der Waals surface area contributed by atoms with Gasteiger partial charge in [-0.05, 0) is 18.2 Å². The fraction of sp³-hybridized carbons (Fsp3) is 0.0714. The summed E-state index contributed by atoms with van der Waals surface area (Å²) in [5.41, 5.74) is 2.56. The van der Waals surface area contributed by atoms with Crippen molar-refractivity contribution < 1.29 is 14.1 Å². The van der Waals surface area contributed by atoms with Gasteiger partial charge in [-0.15, -0.1) is 17.9 Å². The van der Waals surface area contributed by atoms with Crippen molar-refractivity contribution in [2.75, 3.05) is 11.9 Å². The lowest BCUT2D eigenvalue weighted by molar-refractivity contribution is -0.402. The molecule has 9 nitrogen and oxygen atoms in total. The lowest BCUT2D eigenvalue weighted by Gasteiger charge is -1.95. The molecule has 0 aliphatic carbocycles. The fourth-order valence-electron chi connectivity index (χ4n) is 1.48. The first-order valence-corrected chi connectivity index (χ1v) is 7.52. The van der Waals surface area contributed by atoms with Gasteiger partial charge in [0, 0.05) is 18.1 Å². The number of carbonyl (C=O) groups excluding carboxylic acids is 1. The first kappa shape index (κ1) is 17.1. The maximum Gasteiger partial charge on any atom is 0.433 e. The molecule has 0 atom stereocenters. The van der Waals surface area contributed by atoms with E-state index in [9.17, 15) is 14.9 Å². The van der Waals surface area contributed by atoms with Crippen LogP contribution in [0, 0.1) is 10.1 Å². The Hall–Kier alpha value is -3.27. The van der Waals surface area contributed by atoms with Gasteiger partial charge in [-0.3, -0.25) is 14.9 Å². The van der Waals surface area contributed by atoms with Crippen LogP contribution in [0.4, 0.5) is 11.0 Å². The average molecular weight is 347 g/mol. The minimum Gasteiger partial charge on any atom is -0.401 e. The van der Waals surface area contributed by atoms with Crippen LogP contribution < -0.4 is 10.7 Å². The Bertz CT molecular complexity index is 793. The number of rotatable bonds is 8. The van der Waals surface area contributed by atoms with Gasteiger partial charge >= 0.3 is 5.88 Å². The van der Waals surface area contributed by atoms with Crippen molar-refractivity contribution in [3.8, 4) is 0 Å². The molecule has 10 heteroatoms. The Balaban J connectivity index is 1.83. The highest BCUT2D eigenvalue weighted by Crippen LogP contribution is 2.16. The highest BCUT2D eigenvalue weighted by atomic mass is 32.1. The van der Waals surface area contributed by atoms with Gasteiger partial charge < -0.3 is 9.73 Å². The molecule has 2 rings (SSSR count). The summed E-state index contributed by atoms with van der Waals surface area (Å²) in [4.78, 5) is 25.7. The molecule has 0 radical (unpaired) electrons. The Morgan fingerprint density at radius 3 is 3.08 bits per heavy atom. The molecule has 0 aliphatic heterocycles. The van der Waals surface area contributed by atoms with Gasteiger partial charge in [0.05, 0.1) is 6.07 Å². The molecule has 0 saturated heterocycles. The number of allylic oxidation sites excluding steroid dienone is 1. The summed E-state index contributed by atoms with van der Waals surface area (Å²) in [7, 11) is 0. The van der Waals surface area contributed by atoms with E-state index < -0.39 is 10.8 Å². The maximum absolute atomic E-state index is 11.8. The molecule has 0 fully saturated rings. The van der Waals surface area contributed by atoms with Crippen molar-refractivity contribution in [1.82, 2.24) is 10.4 Å². The summed E-state index contributed by atoms with van der Waals surface area (Å²) in [6, 6.07) is 2.70. The van der Waals surface area contributed by atoms with Crippen molar-refractivity contribution in [3.05, 3.63) is 57.8 Å². The number of hydrogen-bond acceptors (Lipinski definition) is 8. The second kappa shape index (κ2) is 8.39. The molecule has 0 bridgehead atoms. The van der Waals surface area contributed by atoms with Crippen molar-refractivity contribution >= 4 is 40.6 Å². The number of hydrazone groups is 1. The number of hydrogen-bond donors (Lipinski definition) is 2. The molecule has 2 aromatic heterocycles. The van der Waals surface area contributed by atoms with Crippen LogP contribution in [0.2, 0.25) is 0 Å². The van der Waals surface area contributed by atoms with Gasteiger partial charge in [0.1, 0.15) is 16.4 Å². The molecule has 124 valence electrons. The van der Waals surface area contributed by atoms with Gasteiger partial charge in [0.15, 0.2) is 5.13 Å². The van der Waals surface area contributed by atoms with E-state index in [1.54, 1.807) is 11.5 Å². The lowest BCUT2D eigenvalue weighted by Crippen LogP contribution is -2.17. The van der Waals surface area contributed by atoms with Gasteiger partial charge in [-0.25, -0.2) is 10.4 Å². The molecule has 0 aliphatic rings. The highest BCUT2D eigenvalue weighted by Gasteiger charge is 2.10. The first-order valence-electron chi connectivity index (χ1n) is 6.64.